The van der Waals surface area contributed by atoms with Crippen molar-refractivity contribution in [3.63, 3.8) is 0 Å². The Hall–Kier alpha value is -2.95. The van der Waals surface area contributed by atoms with Gasteiger partial charge in [0, 0.05) is 42.1 Å². The third-order valence-corrected chi connectivity index (χ3v) is 7.50. The molecule has 2 fully saturated rings. The quantitative estimate of drug-likeness (QED) is 0.518. The Morgan fingerprint density at radius 2 is 1.73 bits per heavy atom. The number of hydrogen-bond acceptors (Lipinski definition) is 2. The van der Waals surface area contributed by atoms with Crippen LogP contribution in [0.2, 0.25) is 0 Å². The summed E-state index contributed by atoms with van der Waals surface area (Å²) in [6.45, 7) is 3.69. The second kappa shape index (κ2) is 9.50. The monoisotopic (exact) mass is 445 g/mol. The minimum Gasteiger partial charge on any atom is -0.341 e. The van der Waals surface area contributed by atoms with Gasteiger partial charge < -0.3 is 4.90 Å². The number of nitrogens with one attached hydrogen (secondary N) is 1. The summed E-state index contributed by atoms with van der Waals surface area (Å²) in [5.41, 5.74) is 5.39. The van der Waals surface area contributed by atoms with Gasteiger partial charge in [-0.1, -0.05) is 44.0 Å². The zero-order valence-electron chi connectivity index (χ0n) is 19.3. The number of carbonyl (C=O) groups excluding carboxylic acids is 1. The van der Waals surface area contributed by atoms with Gasteiger partial charge in [-0.25, -0.2) is 4.39 Å². The summed E-state index contributed by atoms with van der Waals surface area (Å²) in [7, 11) is 0. The van der Waals surface area contributed by atoms with Crippen LogP contribution in [0, 0.1) is 11.7 Å². The highest BCUT2D eigenvalue weighted by Crippen LogP contribution is 2.38. The maximum Gasteiger partial charge on any atom is 0.225 e. The van der Waals surface area contributed by atoms with Crippen molar-refractivity contribution in [2.75, 3.05) is 13.1 Å². The number of aromatic amines is 1. The van der Waals surface area contributed by atoms with Gasteiger partial charge in [-0.2, -0.15) is 5.10 Å². The number of piperidine rings is 1. The number of benzene rings is 2. The van der Waals surface area contributed by atoms with E-state index >= 15 is 0 Å². The van der Waals surface area contributed by atoms with Gasteiger partial charge in [0.05, 0.1) is 5.69 Å². The molecule has 1 aliphatic heterocycles. The lowest BCUT2D eigenvalue weighted by atomic mass is 9.82. The average molecular weight is 446 g/mol. The largest absolute Gasteiger partial charge is 0.341 e. The van der Waals surface area contributed by atoms with Crippen molar-refractivity contribution in [1.29, 1.82) is 0 Å². The highest BCUT2D eigenvalue weighted by atomic mass is 19.1. The average Bonchev–Trinajstić information content (AvgIpc) is 3.57. The van der Waals surface area contributed by atoms with Gasteiger partial charge in [0.2, 0.25) is 5.91 Å². The maximum absolute atomic E-state index is 13.4. The van der Waals surface area contributed by atoms with E-state index in [0.717, 1.165) is 68.6 Å². The van der Waals surface area contributed by atoms with Gasteiger partial charge in [-0.3, -0.25) is 9.89 Å². The van der Waals surface area contributed by atoms with Crippen molar-refractivity contribution in [2.45, 2.75) is 57.3 Å². The number of rotatable bonds is 5. The van der Waals surface area contributed by atoms with Gasteiger partial charge in [0.25, 0.3) is 0 Å². The van der Waals surface area contributed by atoms with E-state index in [-0.39, 0.29) is 17.7 Å². The van der Waals surface area contributed by atoms with Crippen molar-refractivity contribution in [3.05, 3.63) is 77.2 Å². The fourth-order valence-corrected chi connectivity index (χ4v) is 5.52. The molecule has 5 heteroatoms. The minimum absolute atomic E-state index is 0.184. The normalized spacial score (nSPS) is 21.5. The van der Waals surface area contributed by atoms with E-state index in [1.54, 1.807) is 12.1 Å². The molecule has 172 valence electrons. The van der Waals surface area contributed by atoms with Crippen LogP contribution in [0.5, 0.6) is 0 Å². The lowest BCUT2D eigenvalue weighted by Crippen LogP contribution is -2.44. The molecule has 1 amide bonds. The first kappa shape index (κ1) is 21.9. The van der Waals surface area contributed by atoms with Crippen molar-refractivity contribution in [2.24, 2.45) is 5.92 Å². The second-order valence-corrected chi connectivity index (χ2v) is 9.66. The predicted molar refractivity (Wildman–Crippen MR) is 128 cm³/mol. The molecule has 1 aliphatic carbocycles. The summed E-state index contributed by atoms with van der Waals surface area (Å²) in [5, 5.41) is 7.73. The lowest BCUT2D eigenvalue weighted by Gasteiger charge is -2.39. The molecule has 2 aromatic carbocycles. The van der Waals surface area contributed by atoms with Crippen LogP contribution in [0.3, 0.4) is 0 Å². The van der Waals surface area contributed by atoms with Crippen LogP contribution in [0.15, 0.2) is 54.6 Å². The summed E-state index contributed by atoms with van der Waals surface area (Å²) in [6, 6.07) is 17.4. The molecule has 0 radical (unpaired) electrons. The topological polar surface area (TPSA) is 49.0 Å². The SMILES string of the molecule is CCc1ccc(C2CC(c3cc(-c4ccc(F)cc4)n[nH]3)CN(C(=O)C3CCCC3)C2)cc1. The van der Waals surface area contributed by atoms with Crippen molar-refractivity contribution >= 4 is 5.91 Å². The number of aryl methyl sites for hydroxylation is 1. The molecule has 2 atom stereocenters. The molecule has 0 bridgehead atoms. The molecule has 3 aromatic rings. The number of hydrogen-bond donors (Lipinski definition) is 1. The molecule has 1 saturated heterocycles. The number of likely N-dealkylation sites (tertiary alicyclic amines) is 1. The third-order valence-electron chi connectivity index (χ3n) is 7.50. The standard InChI is InChI=1S/C28H32FN3O/c1-2-19-7-9-20(10-8-19)23-15-24(18-32(17-23)28(33)22-5-3-4-6-22)27-16-26(30-31-27)21-11-13-25(29)14-12-21/h7-14,16,22-24H,2-6,15,17-18H2,1H3,(H,30,31). The first-order valence-corrected chi connectivity index (χ1v) is 12.3. The lowest BCUT2D eigenvalue weighted by molar-refractivity contribution is -0.137. The Bertz CT molecular complexity index is 1080. The Kier molecular flexibility index (Phi) is 6.30. The Balaban J connectivity index is 1.41. The van der Waals surface area contributed by atoms with Gasteiger partial charge >= 0.3 is 0 Å². The predicted octanol–water partition coefficient (Wildman–Crippen LogP) is 6.07. The smallest absolute Gasteiger partial charge is 0.225 e. The van der Waals surface area contributed by atoms with Crippen LogP contribution in [0.1, 0.15) is 67.7 Å². The second-order valence-electron chi connectivity index (χ2n) is 9.66. The highest BCUT2D eigenvalue weighted by molar-refractivity contribution is 5.79. The number of halogens is 1. The Morgan fingerprint density at radius 1 is 1.03 bits per heavy atom. The van der Waals surface area contributed by atoms with Gasteiger partial charge in [0.15, 0.2) is 0 Å². The molecule has 2 heterocycles. The Labute approximate surface area is 195 Å². The summed E-state index contributed by atoms with van der Waals surface area (Å²) in [5.74, 6) is 0.757. The number of aromatic nitrogens is 2. The summed E-state index contributed by atoms with van der Waals surface area (Å²) in [4.78, 5) is 15.5. The number of carbonyl (C=O) groups is 1. The highest BCUT2D eigenvalue weighted by Gasteiger charge is 2.36. The molecular formula is C28H32FN3O. The Morgan fingerprint density at radius 3 is 2.42 bits per heavy atom. The molecular weight excluding hydrogens is 413 g/mol. The van der Waals surface area contributed by atoms with Crippen LogP contribution in [-0.2, 0) is 11.2 Å². The number of nitrogens with zero attached hydrogens (tertiary/aromatic N) is 2. The van der Waals surface area contributed by atoms with E-state index in [4.69, 9.17) is 0 Å². The maximum atomic E-state index is 13.4. The van der Waals surface area contributed by atoms with Crippen LogP contribution in [-0.4, -0.2) is 34.1 Å². The van der Waals surface area contributed by atoms with E-state index in [9.17, 15) is 9.18 Å². The van der Waals surface area contributed by atoms with Gasteiger partial charge in [0.1, 0.15) is 5.82 Å². The third kappa shape index (κ3) is 4.73. The molecule has 33 heavy (non-hydrogen) atoms. The number of H-pyrrole nitrogens is 1. The van der Waals surface area contributed by atoms with E-state index < -0.39 is 0 Å². The summed E-state index contributed by atoms with van der Waals surface area (Å²) in [6.07, 6.45) is 6.38. The molecule has 2 aliphatic rings. The van der Waals surface area contributed by atoms with Crippen LogP contribution in [0.4, 0.5) is 4.39 Å². The molecule has 4 nitrogen and oxygen atoms in total. The van der Waals surface area contributed by atoms with E-state index in [2.05, 4.69) is 52.4 Å². The zero-order valence-corrected chi connectivity index (χ0v) is 19.3. The van der Waals surface area contributed by atoms with Crippen LogP contribution < -0.4 is 0 Å². The molecule has 2 unspecified atom stereocenters. The first-order chi connectivity index (χ1) is 16.1. The van der Waals surface area contributed by atoms with E-state index in [1.165, 1.54) is 23.3 Å². The molecule has 0 spiro atoms. The minimum atomic E-state index is -0.250. The van der Waals surface area contributed by atoms with Crippen LogP contribution in [0.25, 0.3) is 11.3 Å². The molecule has 5 rings (SSSR count). The van der Waals surface area contributed by atoms with Crippen molar-refractivity contribution < 1.29 is 9.18 Å². The molecule has 1 aromatic heterocycles. The summed E-state index contributed by atoms with van der Waals surface area (Å²) >= 11 is 0. The molecule has 1 saturated carbocycles. The first-order valence-electron chi connectivity index (χ1n) is 12.3. The molecule has 1 N–H and O–H groups in total. The van der Waals surface area contributed by atoms with E-state index in [1.807, 2.05) is 0 Å². The fraction of sp³-hybridized carbons (Fsp3) is 0.429. The zero-order chi connectivity index (χ0) is 22.8. The van der Waals surface area contributed by atoms with Gasteiger partial charge in [-0.15, -0.1) is 0 Å². The summed E-state index contributed by atoms with van der Waals surface area (Å²) < 4.78 is 13.3. The van der Waals surface area contributed by atoms with Crippen molar-refractivity contribution in [3.8, 4) is 11.3 Å². The number of amides is 1. The van der Waals surface area contributed by atoms with Crippen LogP contribution >= 0.6 is 0 Å². The van der Waals surface area contributed by atoms with Gasteiger partial charge in [-0.05, 0) is 67.1 Å². The fourth-order valence-electron chi connectivity index (χ4n) is 5.52. The van der Waals surface area contributed by atoms with Crippen molar-refractivity contribution in [1.82, 2.24) is 15.1 Å². The van der Waals surface area contributed by atoms with E-state index in [0.29, 0.717) is 11.8 Å².